The van der Waals surface area contributed by atoms with Gasteiger partial charge in [-0.15, -0.1) is 0 Å². The maximum Gasteiger partial charge on any atom is 0.112 e. The fraction of sp³-hybridized carbons (Fsp3) is 0.364. The molecule has 1 aromatic heterocycles. The summed E-state index contributed by atoms with van der Waals surface area (Å²) >= 11 is 12.0. The zero-order chi connectivity index (χ0) is 11.2. The van der Waals surface area contributed by atoms with Crippen LogP contribution in [-0.4, -0.2) is 9.97 Å². The summed E-state index contributed by atoms with van der Waals surface area (Å²) in [6.45, 7) is 6.29. The zero-order valence-electron chi connectivity index (χ0n) is 8.86. The van der Waals surface area contributed by atoms with Gasteiger partial charge in [0.1, 0.15) is 11.3 Å². The van der Waals surface area contributed by atoms with Crippen molar-refractivity contribution in [2.24, 2.45) is 0 Å². The Morgan fingerprint density at radius 2 is 1.87 bits per heavy atom. The maximum absolute atomic E-state index is 6.06. The van der Waals surface area contributed by atoms with Crippen LogP contribution in [0.15, 0.2) is 12.1 Å². The molecule has 2 rings (SSSR count). The van der Waals surface area contributed by atoms with Crippen LogP contribution < -0.4 is 0 Å². The Balaban J connectivity index is 2.71. The quantitative estimate of drug-likeness (QED) is 0.739. The largest absolute Gasteiger partial charge is 0.341 e. The predicted molar refractivity (Wildman–Crippen MR) is 64.8 cm³/mol. The van der Waals surface area contributed by atoms with Gasteiger partial charge in [-0.05, 0) is 12.1 Å². The Morgan fingerprint density at radius 3 is 2.47 bits per heavy atom. The van der Waals surface area contributed by atoms with Gasteiger partial charge in [-0.2, -0.15) is 0 Å². The molecule has 0 fully saturated rings. The average Bonchev–Trinajstić information content (AvgIpc) is 2.46. The summed E-state index contributed by atoms with van der Waals surface area (Å²) in [6, 6.07) is 3.55. The summed E-state index contributed by atoms with van der Waals surface area (Å²) < 4.78 is 0. The van der Waals surface area contributed by atoms with Crippen molar-refractivity contribution in [1.82, 2.24) is 9.97 Å². The van der Waals surface area contributed by atoms with E-state index in [0.717, 1.165) is 16.9 Å². The van der Waals surface area contributed by atoms with E-state index in [2.05, 4.69) is 30.7 Å². The first-order valence-corrected chi connectivity index (χ1v) is 5.49. The lowest BCUT2D eigenvalue weighted by molar-refractivity contribution is 0.554. The molecule has 0 saturated heterocycles. The first-order valence-electron chi connectivity index (χ1n) is 4.73. The van der Waals surface area contributed by atoms with Crippen molar-refractivity contribution in [3.8, 4) is 0 Å². The molecule has 0 amide bonds. The van der Waals surface area contributed by atoms with Gasteiger partial charge in [0.15, 0.2) is 0 Å². The summed E-state index contributed by atoms with van der Waals surface area (Å²) in [4.78, 5) is 7.72. The molecule has 1 aromatic carbocycles. The van der Waals surface area contributed by atoms with E-state index in [1.165, 1.54) is 0 Å². The summed E-state index contributed by atoms with van der Waals surface area (Å²) in [7, 11) is 0. The molecule has 0 aliphatic carbocycles. The van der Waals surface area contributed by atoms with Crippen LogP contribution in [0, 0.1) is 0 Å². The highest BCUT2D eigenvalue weighted by Gasteiger charge is 2.19. The third-order valence-electron chi connectivity index (χ3n) is 2.22. The molecule has 0 aliphatic rings. The number of rotatable bonds is 0. The molecule has 1 heterocycles. The van der Waals surface area contributed by atoms with E-state index in [4.69, 9.17) is 23.2 Å². The fourth-order valence-corrected chi connectivity index (χ4v) is 1.93. The van der Waals surface area contributed by atoms with Gasteiger partial charge in [0, 0.05) is 10.4 Å². The van der Waals surface area contributed by atoms with Gasteiger partial charge in [-0.1, -0.05) is 44.0 Å². The Bertz CT molecular complexity index is 509. The minimum Gasteiger partial charge on any atom is -0.341 e. The van der Waals surface area contributed by atoms with Crippen LogP contribution in [-0.2, 0) is 5.41 Å². The van der Waals surface area contributed by atoms with Crippen LogP contribution in [0.5, 0.6) is 0 Å². The smallest absolute Gasteiger partial charge is 0.112 e. The van der Waals surface area contributed by atoms with Crippen molar-refractivity contribution in [2.45, 2.75) is 26.2 Å². The number of fused-ring (bicyclic) bond motifs is 1. The highest BCUT2D eigenvalue weighted by atomic mass is 35.5. The van der Waals surface area contributed by atoms with Crippen molar-refractivity contribution < 1.29 is 0 Å². The van der Waals surface area contributed by atoms with E-state index in [-0.39, 0.29) is 5.41 Å². The summed E-state index contributed by atoms with van der Waals surface area (Å²) in [6.07, 6.45) is 0. The lowest BCUT2D eigenvalue weighted by Gasteiger charge is -2.13. The number of hydrogen-bond acceptors (Lipinski definition) is 1. The number of benzene rings is 1. The third kappa shape index (κ3) is 1.97. The first-order chi connectivity index (χ1) is 6.88. The number of hydrogen-bond donors (Lipinski definition) is 1. The zero-order valence-corrected chi connectivity index (χ0v) is 10.4. The van der Waals surface area contributed by atoms with Gasteiger partial charge in [-0.3, -0.25) is 0 Å². The van der Waals surface area contributed by atoms with Gasteiger partial charge >= 0.3 is 0 Å². The fourth-order valence-electron chi connectivity index (χ4n) is 1.40. The number of nitrogens with one attached hydrogen (secondary N) is 1. The van der Waals surface area contributed by atoms with E-state index < -0.39 is 0 Å². The predicted octanol–water partition coefficient (Wildman–Crippen LogP) is 4.17. The Hall–Kier alpha value is -0.730. The summed E-state index contributed by atoms with van der Waals surface area (Å²) in [5, 5.41) is 1.21. The molecule has 0 radical (unpaired) electrons. The second-order valence-corrected chi connectivity index (χ2v) is 5.46. The highest BCUT2D eigenvalue weighted by Crippen LogP contribution is 2.29. The molecule has 2 aromatic rings. The molecule has 0 unspecified atom stereocenters. The van der Waals surface area contributed by atoms with Gasteiger partial charge < -0.3 is 4.98 Å². The van der Waals surface area contributed by atoms with Crippen molar-refractivity contribution in [2.75, 3.05) is 0 Å². The second-order valence-electron chi connectivity index (χ2n) is 4.62. The molecule has 0 aliphatic heterocycles. The molecule has 0 saturated carbocycles. The Kier molecular flexibility index (Phi) is 2.44. The number of aromatic nitrogens is 2. The van der Waals surface area contributed by atoms with E-state index >= 15 is 0 Å². The van der Waals surface area contributed by atoms with Crippen LogP contribution in [0.1, 0.15) is 26.6 Å². The summed E-state index contributed by atoms with van der Waals surface area (Å²) in [5.41, 5.74) is 1.65. The maximum atomic E-state index is 6.06. The molecule has 0 spiro atoms. The molecule has 1 N–H and O–H groups in total. The molecule has 0 atom stereocenters. The number of halogens is 2. The molecule has 80 valence electrons. The van der Waals surface area contributed by atoms with Gasteiger partial charge in [0.25, 0.3) is 0 Å². The Labute approximate surface area is 98.6 Å². The number of aromatic amines is 1. The minimum atomic E-state index is -0.0190. The highest BCUT2D eigenvalue weighted by molar-refractivity contribution is 6.38. The van der Waals surface area contributed by atoms with Crippen LogP contribution in [0.3, 0.4) is 0 Å². The van der Waals surface area contributed by atoms with Gasteiger partial charge in [0.2, 0.25) is 0 Å². The molecule has 0 bridgehead atoms. The Morgan fingerprint density at radius 1 is 1.20 bits per heavy atom. The average molecular weight is 243 g/mol. The van der Waals surface area contributed by atoms with Crippen LogP contribution in [0.4, 0.5) is 0 Å². The number of H-pyrrole nitrogens is 1. The standard InChI is InChI=1S/C11H12Cl2N2/c1-11(2,3)10-14-8-5-6(12)4-7(13)9(8)15-10/h4-5H,1-3H3,(H,14,15). The molecule has 4 heteroatoms. The van der Waals surface area contributed by atoms with E-state index in [1.807, 2.05) is 6.07 Å². The van der Waals surface area contributed by atoms with Crippen molar-refractivity contribution >= 4 is 34.2 Å². The number of imidazole rings is 1. The lowest BCUT2D eigenvalue weighted by atomic mass is 9.96. The third-order valence-corrected chi connectivity index (χ3v) is 2.72. The van der Waals surface area contributed by atoms with Crippen molar-refractivity contribution in [1.29, 1.82) is 0 Å². The molecular weight excluding hydrogens is 231 g/mol. The van der Waals surface area contributed by atoms with E-state index in [9.17, 15) is 0 Å². The molecular formula is C11H12Cl2N2. The monoisotopic (exact) mass is 242 g/mol. The normalized spacial score (nSPS) is 12.3. The second kappa shape index (κ2) is 3.39. The van der Waals surface area contributed by atoms with Gasteiger partial charge in [-0.25, -0.2) is 4.98 Å². The minimum absolute atomic E-state index is 0.0190. The van der Waals surface area contributed by atoms with Crippen LogP contribution in [0.25, 0.3) is 11.0 Å². The van der Waals surface area contributed by atoms with E-state index in [1.54, 1.807) is 6.07 Å². The molecule has 2 nitrogen and oxygen atoms in total. The van der Waals surface area contributed by atoms with Crippen LogP contribution in [0.2, 0.25) is 10.0 Å². The van der Waals surface area contributed by atoms with Crippen molar-refractivity contribution in [3.63, 3.8) is 0 Å². The summed E-state index contributed by atoms with van der Waals surface area (Å²) in [5.74, 6) is 0.918. The molecule has 15 heavy (non-hydrogen) atoms. The van der Waals surface area contributed by atoms with Crippen LogP contribution >= 0.6 is 23.2 Å². The van der Waals surface area contributed by atoms with Gasteiger partial charge in [0.05, 0.1) is 10.5 Å². The van der Waals surface area contributed by atoms with Crippen molar-refractivity contribution in [3.05, 3.63) is 28.0 Å². The van der Waals surface area contributed by atoms with E-state index in [0.29, 0.717) is 10.0 Å². The lowest BCUT2D eigenvalue weighted by Crippen LogP contribution is -2.12. The SMILES string of the molecule is CC(C)(C)c1nc2c(Cl)cc(Cl)cc2[nH]1. The number of nitrogens with zero attached hydrogens (tertiary/aromatic N) is 1. The first kappa shape index (κ1) is 10.8. The topological polar surface area (TPSA) is 28.7 Å².